The quantitative estimate of drug-likeness (QED) is 0.808. The predicted molar refractivity (Wildman–Crippen MR) is 49.8 cm³/mol. The molecule has 0 atom stereocenters. The van der Waals surface area contributed by atoms with Crippen molar-refractivity contribution in [3.05, 3.63) is 29.1 Å². The zero-order chi connectivity index (χ0) is 13.0. The number of ether oxygens (including phenoxy) is 1. The van der Waals surface area contributed by atoms with E-state index in [1.807, 2.05) is 0 Å². The fraction of sp³-hybridized carbons (Fsp3) is 0.200. The maximum Gasteiger partial charge on any atom is 0.387 e. The van der Waals surface area contributed by atoms with Gasteiger partial charge in [0.05, 0.1) is 6.42 Å². The third kappa shape index (κ3) is 3.47. The largest absolute Gasteiger partial charge is 0.481 e. The van der Waals surface area contributed by atoms with Gasteiger partial charge in [-0.2, -0.15) is 8.78 Å². The maximum atomic E-state index is 13.2. The van der Waals surface area contributed by atoms with Gasteiger partial charge in [-0.25, -0.2) is 4.39 Å². The highest BCUT2D eigenvalue weighted by atomic mass is 19.3. The van der Waals surface area contributed by atoms with Crippen LogP contribution in [0.15, 0.2) is 12.1 Å². The van der Waals surface area contributed by atoms with E-state index >= 15 is 0 Å². The van der Waals surface area contributed by atoms with Gasteiger partial charge in [0.2, 0.25) is 0 Å². The number of hydrogen-bond donors (Lipinski definition) is 1. The number of hydrogen-bond acceptors (Lipinski definition) is 3. The number of rotatable bonds is 5. The molecule has 0 radical (unpaired) electrons. The molecule has 1 aromatic carbocycles. The SMILES string of the molecule is O=Cc1cc(F)c(OC(F)F)cc1CC(=O)O. The van der Waals surface area contributed by atoms with E-state index in [9.17, 15) is 22.8 Å². The average molecular weight is 248 g/mol. The number of aliphatic carboxylic acids is 1. The lowest BCUT2D eigenvalue weighted by Crippen LogP contribution is -2.08. The van der Waals surface area contributed by atoms with E-state index in [2.05, 4.69) is 4.74 Å². The standard InChI is InChI=1S/C10H7F3O4/c11-7-1-6(4-14)5(3-9(15)16)2-8(7)17-10(12)13/h1-2,4,10H,3H2,(H,15,16). The van der Waals surface area contributed by atoms with Crippen LogP contribution in [0.2, 0.25) is 0 Å². The Bertz CT molecular complexity index is 445. The van der Waals surface area contributed by atoms with Crippen molar-refractivity contribution >= 4 is 12.3 Å². The van der Waals surface area contributed by atoms with Crippen LogP contribution in [0.1, 0.15) is 15.9 Å². The number of aldehydes is 1. The second-order valence-corrected chi connectivity index (χ2v) is 3.05. The molecule has 0 saturated heterocycles. The van der Waals surface area contributed by atoms with Crippen LogP contribution in [0.3, 0.4) is 0 Å². The molecule has 4 nitrogen and oxygen atoms in total. The van der Waals surface area contributed by atoms with E-state index in [1.54, 1.807) is 0 Å². The number of alkyl halides is 2. The first kappa shape index (κ1) is 13.0. The van der Waals surface area contributed by atoms with Gasteiger partial charge in [-0.1, -0.05) is 0 Å². The van der Waals surface area contributed by atoms with E-state index in [4.69, 9.17) is 5.11 Å². The molecule has 1 N–H and O–H groups in total. The molecule has 0 heterocycles. The van der Waals surface area contributed by atoms with Crippen molar-refractivity contribution in [1.82, 2.24) is 0 Å². The van der Waals surface area contributed by atoms with E-state index in [-0.39, 0.29) is 17.4 Å². The number of carbonyl (C=O) groups excluding carboxylic acids is 1. The Hall–Kier alpha value is -2.05. The Balaban J connectivity index is 3.17. The van der Waals surface area contributed by atoms with Crippen LogP contribution >= 0.6 is 0 Å². The van der Waals surface area contributed by atoms with Gasteiger partial charge in [-0.15, -0.1) is 0 Å². The van der Waals surface area contributed by atoms with Gasteiger partial charge >= 0.3 is 12.6 Å². The lowest BCUT2D eigenvalue weighted by Gasteiger charge is -2.09. The Morgan fingerprint density at radius 1 is 1.47 bits per heavy atom. The second kappa shape index (κ2) is 5.33. The Labute approximate surface area is 93.6 Å². The van der Waals surface area contributed by atoms with Crippen LogP contribution in [-0.2, 0) is 11.2 Å². The number of carboxylic acids is 1. The molecule has 0 bridgehead atoms. The molecule has 0 spiro atoms. The van der Waals surface area contributed by atoms with E-state index in [1.165, 1.54) is 0 Å². The summed E-state index contributed by atoms with van der Waals surface area (Å²) in [7, 11) is 0. The first-order valence-corrected chi connectivity index (χ1v) is 4.38. The normalized spacial score (nSPS) is 10.4. The summed E-state index contributed by atoms with van der Waals surface area (Å²) in [5, 5.41) is 8.53. The van der Waals surface area contributed by atoms with Crippen LogP contribution in [0.5, 0.6) is 5.75 Å². The summed E-state index contributed by atoms with van der Waals surface area (Å²) in [6.07, 6.45) is -0.346. The lowest BCUT2D eigenvalue weighted by molar-refractivity contribution is -0.136. The van der Waals surface area contributed by atoms with Crippen molar-refractivity contribution in [2.45, 2.75) is 13.0 Å². The molecule has 0 aromatic heterocycles. The van der Waals surface area contributed by atoms with Crippen molar-refractivity contribution < 1.29 is 32.6 Å². The highest BCUT2D eigenvalue weighted by Gasteiger charge is 2.15. The van der Waals surface area contributed by atoms with E-state index < -0.39 is 30.6 Å². The Kier molecular flexibility index (Phi) is 4.08. The monoisotopic (exact) mass is 248 g/mol. The average Bonchev–Trinajstić information content (AvgIpc) is 2.21. The molecule has 1 rings (SSSR count). The van der Waals surface area contributed by atoms with Crippen molar-refractivity contribution in [3.63, 3.8) is 0 Å². The number of halogens is 3. The number of carboxylic acid groups (broad SMARTS) is 1. The van der Waals surface area contributed by atoms with Crippen LogP contribution in [0, 0.1) is 5.82 Å². The summed E-state index contributed by atoms with van der Waals surface area (Å²) >= 11 is 0. The van der Waals surface area contributed by atoms with Crippen molar-refractivity contribution in [2.24, 2.45) is 0 Å². The summed E-state index contributed by atoms with van der Waals surface area (Å²) in [5.41, 5.74) is -0.309. The van der Waals surface area contributed by atoms with Crippen molar-refractivity contribution in [2.75, 3.05) is 0 Å². The van der Waals surface area contributed by atoms with Crippen LogP contribution in [0.25, 0.3) is 0 Å². The van der Waals surface area contributed by atoms with Gasteiger partial charge in [-0.3, -0.25) is 9.59 Å². The zero-order valence-corrected chi connectivity index (χ0v) is 8.32. The molecule has 92 valence electrons. The fourth-order valence-corrected chi connectivity index (χ4v) is 1.22. The third-order valence-electron chi connectivity index (χ3n) is 1.88. The first-order valence-electron chi connectivity index (χ1n) is 4.38. The molecule has 17 heavy (non-hydrogen) atoms. The van der Waals surface area contributed by atoms with Gasteiger partial charge in [0, 0.05) is 5.56 Å². The van der Waals surface area contributed by atoms with E-state index in [0.29, 0.717) is 6.07 Å². The van der Waals surface area contributed by atoms with Crippen molar-refractivity contribution in [1.29, 1.82) is 0 Å². The predicted octanol–water partition coefficient (Wildman–Crippen LogP) is 1.87. The number of carbonyl (C=O) groups is 2. The van der Waals surface area contributed by atoms with Gasteiger partial charge in [-0.05, 0) is 17.7 Å². The maximum absolute atomic E-state index is 13.2. The molecule has 0 amide bonds. The summed E-state index contributed by atoms with van der Waals surface area (Å²) in [6.45, 7) is -3.23. The Morgan fingerprint density at radius 2 is 2.12 bits per heavy atom. The number of benzene rings is 1. The molecule has 0 aliphatic rings. The molecular formula is C10H7F3O4. The van der Waals surface area contributed by atoms with Gasteiger partial charge < -0.3 is 9.84 Å². The summed E-state index contributed by atoms with van der Waals surface area (Å²) < 4.78 is 40.8. The van der Waals surface area contributed by atoms with E-state index in [0.717, 1.165) is 6.07 Å². The summed E-state index contributed by atoms with van der Waals surface area (Å²) in [4.78, 5) is 21.0. The molecule has 0 unspecified atom stereocenters. The van der Waals surface area contributed by atoms with Gasteiger partial charge in [0.15, 0.2) is 11.6 Å². The minimum atomic E-state index is -3.23. The minimum Gasteiger partial charge on any atom is -0.481 e. The Morgan fingerprint density at radius 3 is 2.59 bits per heavy atom. The van der Waals surface area contributed by atoms with Crippen molar-refractivity contribution in [3.8, 4) is 5.75 Å². The molecular weight excluding hydrogens is 241 g/mol. The van der Waals surface area contributed by atoms with Gasteiger partial charge in [0.1, 0.15) is 6.29 Å². The molecule has 0 fully saturated rings. The highest BCUT2D eigenvalue weighted by Crippen LogP contribution is 2.23. The molecule has 1 aromatic rings. The van der Waals surface area contributed by atoms with Crippen LogP contribution < -0.4 is 4.74 Å². The highest BCUT2D eigenvalue weighted by molar-refractivity contribution is 5.81. The zero-order valence-electron chi connectivity index (χ0n) is 8.32. The van der Waals surface area contributed by atoms with Crippen LogP contribution in [0.4, 0.5) is 13.2 Å². The molecule has 7 heteroatoms. The molecule has 0 aliphatic carbocycles. The topological polar surface area (TPSA) is 63.6 Å². The van der Waals surface area contributed by atoms with Gasteiger partial charge in [0.25, 0.3) is 0 Å². The third-order valence-corrected chi connectivity index (χ3v) is 1.88. The lowest BCUT2D eigenvalue weighted by atomic mass is 10.0. The fourth-order valence-electron chi connectivity index (χ4n) is 1.22. The summed E-state index contributed by atoms with van der Waals surface area (Å²) in [5.74, 6) is -3.22. The molecule has 0 saturated carbocycles. The molecule has 0 aliphatic heterocycles. The smallest absolute Gasteiger partial charge is 0.387 e. The minimum absolute atomic E-state index is 0.0930. The summed E-state index contributed by atoms with van der Waals surface area (Å²) in [6, 6.07) is 1.43. The van der Waals surface area contributed by atoms with Crippen LogP contribution in [-0.4, -0.2) is 24.0 Å². The first-order chi connectivity index (χ1) is 7.93. The second-order valence-electron chi connectivity index (χ2n) is 3.05.